The van der Waals surface area contributed by atoms with Gasteiger partial charge in [-0.2, -0.15) is 4.98 Å². The van der Waals surface area contributed by atoms with E-state index in [4.69, 9.17) is 46.4 Å². The van der Waals surface area contributed by atoms with Gasteiger partial charge in [-0.15, -0.1) is 0 Å². The van der Waals surface area contributed by atoms with Gasteiger partial charge in [0.25, 0.3) is 0 Å². The van der Waals surface area contributed by atoms with E-state index in [1.165, 1.54) is 6.33 Å². The van der Waals surface area contributed by atoms with Crippen LogP contribution < -0.4 is 0 Å². The van der Waals surface area contributed by atoms with Crippen molar-refractivity contribution in [3.63, 3.8) is 0 Å². The van der Waals surface area contributed by atoms with Gasteiger partial charge in [0.2, 0.25) is 9.08 Å². The van der Waals surface area contributed by atoms with Gasteiger partial charge in [0.15, 0.2) is 5.82 Å². The number of rotatable bonds is 0. The average molecular weight is 233 g/mol. The van der Waals surface area contributed by atoms with Crippen molar-refractivity contribution in [1.82, 2.24) is 15.0 Å². The van der Waals surface area contributed by atoms with E-state index in [0.717, 1.165) is 0 Å². The molecule has 3 nitrogen and oxygen atoms in total. The Balaban J connectivity index is 3.06. The summed E-state index contributed by atoms with van der Waals surface area (Å²) in [5.41, 5.74) is 0. The molecule has 0 spiro atoms. The molecule has 0 aliphatic rings. The van der Waals surface area contributed by atoms with E-state index in [0.29, 0.717) is 0 Å². The maximum absolute atomic E-state index is 5.45. The smallest absolute Gasteiger partial charge is 0.217 e. The molecule has 0 saturated carbocycles. The first-order chi connectivity index (χ1) is 5.00. The van der Waals surface area contributed by atoms with Crippen LogP contribution >= 0.6 is 46.4 Å². The Bertz CT molecular complexity index is 258. The van der Waals surface area contributed by atoms with Gasteiger partial charge >= 0.3 is 0 Å². The Hall–Kier alpha value is 0.170. The standard InChI is InChI=1S/C4HCl4N3/c5-3-10-1-9-2(11-3)4(6,7)8/h1H. The third-order valence-corrected chi connectivity index (χ3v) is 1.49. The summed E-state index contributed by atoms with van der Waals surface area (Å²) in [5.74, 6) is 0.0162. The molecule has 0 saturated heterocycles. The fourth-order valence-electron chi connectivity index (χ4n) is 0.413. The number of alkyl halides is 3. The maximum atomic E-state index is 5.45. The van der Waals surface area contributed by atoms with E-state index in [1.54, 1.807) is 0 Å². The van der Waals surface area contributed by atoms with Gasteiger partial charge in [0.05, 0.1) is 0 Å². The lowest BCUT2D eigenvalue weighted by Gasteiger charge is -2.06. The summed E-state index contributed by atoms with van der Waals surface area (Å²) < 4.78 is -1.65. The largest absolute Gasteiger partial charge is 0.250 e. The van der Waals surface area contributed by atoms with E-state index >= 15 is 0 Å². The van der Waals surface area contributed by atoms with Gasteiger partial charge in [0, 0.05) is 0 Å². The lowest BCUT2D eigenvalue weighted by Crippen LogP contribution is -2.07. The minimum atomic E-state index is -1.65. The molecule has 1 heterocycles. The summed E-state index contributed by atoms with van der Waals surface area (Å²) in [6.45, 7) is 0. The highest BCUT2D eigenvalue weighted by molar-refractivity contribution is 6.66. The number of aromatic nitrogens is 3. The monoisotopic (exact) mass is 231 g/mol. The van der Waals surface area contributed by atoms with E-state index in [-0.39, 0.29) is 11.1 Å². The average Bonchev–Trinajstić information content (AvgIpc) is 1.86. The zero-order valence-corrected chi connectivity index (χ0v) is 7.95. The van der Waals surface area contributed by atoms with Crippen LogP contribution in [0.15, 0.2) is 6.33 Å². The van der Waals surface area contributed by atoms with Gasteiger partial charge in [-0.3, -0.25) is 0 Å². The van der Waals surface area contributed by atoms with E-state index < -0.39 is 3.79 Å². The molecule has 7 heteroatoms. The minimum absolute atomic E-state index is 0.00123. The van der Waals surface area contributed by atoms with Crippen molar-refractivity contribution in [2.45, 2.75) is 3.79 Å². The molecule has 0 aliphatic carbocycles. The van der Waals surface area contributed by atoms with Crippen molar-refractivity contribution in [1.29, 1.82) is 0 Å². The van der Waals surface area contributed by atoms with Crippen molar-refractivity contribution in [2.24, 2.45) is 0 Å². The molecule has 0 N–H and O–H groups in total. The van der Waals surface area contributed by atoms with Crippen LogP contribution in [0.3, 0.4) is 0 Å². The Morgan fingerprint density at radius 2 is 1.82 bits per heavy atom. The molecule has 0 unspecified atom stereocenters. The summed E-state index contributed by atoms with van der Waals surface area (Å²) in [5, 5.41) is 0.00123. The SMILES string of the molecule is Clc1ncnc(C(Cl)(Cl)Cl)n1. The summed E-state index contributed by atoms with van der Waals surface area (Å²) in [6, 6.07) is 0. The first-order valence-electron chi connectivity index (χ1n) is 2.42. The number of nitrogens with zero attached hydrogens (tertiary/aromatic N) is 3. The second-order valence-electron chi connectivity index (χ2n) is 1.58. The molecule has 60 valence electrons. The highest BCUT2D eigenvalue weighted by atomic mass is 35.6. The van der Waals surface area contributed by atoms with Crippen molar-refractivity contribution >= 4 is 46.4 Å². The van der Waals surface area contributed by atoms with Crippen molar-refractivity contribution < 1.29 is 0 Å². The Morgan fingerprint density at radius 1 is 1.18 bits per heavy atom. The number of halogens is 4. The van der Waals surface area contributed by atoms with Crippen molar-refractivity contribution in [2.75, 3.05) is 0 Å². The van der Waals surface area contributed by atoms with Gasteiger partial charge in [-0.05, 0) is 11.6 Å². The molecule has 0 aliphatic heterocycles. The summed E-state index contributed by atoms with van der Waals surface area (Å²) in [4.78, 5) is 10.7. The Kier molecular flexibility index (Phi) is 2.75. The fourth-order valence-corrected chi connectivity index (χ4v) is 0.810. The molecule has 0 aromatic carbocycles. The van der Waals surface area contributed by atoms with Crippen molar-refractivity contribution in [3.05, 3.63) is 17.4 Å². The molecule has 1 rings (SSSR count). The molecular formula is C4HCl4N3. The van der Waals surface area contributed by atoms with Crippen molar-refractivity contribution in [3.8, 4) is 0 Å². The molecule has 11 heavy (non-hydrogen) atoms. The third-order valence-electron chi connectivity index (χ3n) is 0.796. The van der Waals surface area contributed by atoms with Gasteiger partial charge in [-0.1, -0.05) is 34.8 Å². The number of hydrogen-bond acceptors (Lipinski definition) is 3. The lowest BCUT2D eigenvalue weighted by molar-refractivity contribution is 0.917. The lowest BCUT2D eigenvalue weighted by atomic mass is 10.7. The fraction of sp³-hybridized carbons (Fsp3) is 0.250. The minimum Gasteiger partial charge on any atom is -0.217 e. The molecular weight excluding hydrogens is 232 g/mol. The Labute approximate surface area is 82.7 Å². The van der Waals surface area contributed by atoms with Crippen LogP contribution in [0, 0.1) is 0 Å². The highest BCUT2D eigenvalue weighted by Crippen LogP contribution is 2.35. The zero-order valence-electron chi connectivity index (χ0n) is 4.93. The molecule has 1 aromatic rings. The second-order valence-corrected chi connectivity index (χ2v) is 4.20. The van der Waals surface area contributed by atoms with Crippen LogP contribution in [0.1, 0.15) is 5.82 Å². The van der Waals surface area contributed by atoms with Crippen LogP contribution in [0.5, 0.6) is 0 Å². The number of hydrogen-bond donors (Lipinski definition) is 0. The van der Waals surface area contributed by atoms with E-state index in [9.17, 15) is 0 Å². The normalized spacial score (nSPS) is 11.6. The molecule has 0 bridgehead atoms. The first kappa shape index (κ1) is 9.26. The first-order valence-corrected chi connectivity index (χ1v) is 3.93. The quantitative estimate of drug-likeness (QED) is 0.645. The Morgan fingerprint density at radius 3 is 2.18 bits per heavy atom. The molecule has 1 aromatic heterocycles. The predicted octanol–water partition coefficient (Wildman–Crippen LogP) is 2.35. The maximum Gasteiger partial charge on any atom is 0.250 e. The van der Waals surface area contributed by atoms with Gasteiger partial charge < -0.3 is 0 Å². The van der Waals surface area contributed by atoms with Crippen LogP contribution in [0.2, 0.25) is 5.28 Å². The zero-order chi connectivity index (χ0) is 8.48. The van der Waals surface area contributed by atoms with Crippen LogP contribution in [0.25, 0.3) is 0 Å². The van der Waals surface area contributed by atoms with Gasteiger partial charge in [0.1, 0.15) is 6.33 Å². The van der Waals surface area contributed by atoms with Crippen LogP contribution in [0.4, 0.5) is 0 Å². The molecule has 0 radical (unpaired) electrons. The second kappa shape index (κ2) is 3.27. The highest BCUT2D eigenvalue weighted by Gasteiger charge is 2.26. The van der Waals surface area contributed by atoms with Crippen LogP contribution in [-0.2, 0) is 3.79 Å². The summed E-state index contributed by atoms with van der Waals surface area (Å²) in [6.07, 6.45) is 1.17. The summed E-state index contributed by atoms with van der Waals surface area (Å²) in [7, 11) is 0. The molecule has 0 amide bonds. The predicted molar refractivity (Wildman–Crippen MR) is 44.1 cm³/mol. The van der Waals surface area contributed by atoms with Crippen LogP contribution in [-0.4, -0.2) is 15.0 Å². The van der Waals surface area contributed by atoms with E-state index in [1.807, 2.05) is 0 Å². The topological polar surface area (TPSA) is 38.7 Å². The molecule has 0 atom stereocenters. The molecule has 0 fully saturated rings. The van der Waals surface area contributed by atoms with E-state index in [2.05, 4.69) is 15.0 Å². The third kappa shape index (κ3) is 2.60. The van der Waals surface area contributed by atoms with Gasteiger partial charge in [-0.25, -0.2) is 9.97 Å². The summed E-state index contributed by atoms with van der Waals surface area (Å²) >= 11 is 21.8.